The van der Waals surface area contributed by atoms with Gasteiger partial charge in [0.05, 0.1) is 11.8 Å². The number of aromatic nitrogens is 2. The quantitative estimate of drug-likeness (QED) is 0.181. The maximum absolute atomic E-state index is 12.3. The van der Waals surface area contributed by atoms with E-state index in [4.69, 9.17) is 8.97 Å². The van der Waals surface area contributed by atoms with Crippen LogP contribution in [0.15, 0.2) is 83.3 Å². The highest BCUT2D eigenvalue weighted by atomic mass is 32.2. The first-order valence-corrected chi connectivity index (χ1v) is 13.6. The molecule has 2 N–H and O–H groups in total. The van der Waals surface area contributed by atoms with Gasteiger partial charge in [-0.15, -0.1) is 10.2 Å². The fourth-order valence-electron chi connectivity index (χ4n) is 4.00. The summed E-state index contributed by atoms with van der Waals surface area (Å²) < 4.78 is 36.4. The lowest BCUT2D eigenvalue weighted by Gasteiger charge is -2.24. The van der Waals surface area contributed by atoms with Crippen LogP contribution in [-0.4, -0.2) is 34.7 Å². The molecule has 0 radical (unpaired) electrons. The minimum absolute atomic E-state index is 0.0212. The molecule has 3 aromatic carbocycles. The summed E-state index contributed by atoms with van der Waals surface area (Å²) in [7, 11) is -4.06. The summed E-state index contributed by atoms with van der Waals surface area (Å²) in [5, 5.41) is 11.9. The number of nitrogens with zero attached hydrogens (tertiary/aromatic N) is 2. The summed E-state index contributed by atoms with van der Waals surface area (Å²) in [6, 6.07) is 24.8. The van der Waals surface area contributed by atoms with Crippen LogP contribution in [0.1, 0.15) is 48.7 Å². The Hall–Kier alpha value is -3.82. The number of hydrogen-bond acceptors (Lipinski definition) is 7. The Kier molecular flexibility index (Phi) is 8.15. The molecule has 0 aliphatic heterocycles. The number of carbonyl (C=O) groups excluding carboxylic acids is 1. The SMILES string of the molecule is CC(C)[C@H](Nc1ccc(C(=O)CCCS(=O)(=O)O)cc1)c1ccc(-c2nnc(-c3ccccc3)o2)cc1. The molecule has 0 saturated heterocycles. The van der Waals surface area contributed by atoms with Crippen molar-refractivity contribution in [2.24, 2.45) is 5.92 Å². The lowest BCUT2D eigenvalue weighted by Crippen LogP contribution is -2.16. The van der Waals surface area contributed by atoms with Crippen LogP contribution in [0.3, 0.4) is 0 Å². The van der Waals surface area contributed by atoms with Gasteiger partial charge in [-0.1, -0.05) is 44.2 Å². The van der Waals surface area contributed by atoms with Crippen LogP contribution < -0.4 is 5.32 Å². The highest BCUT2D eigenvalue weighted by Crippen LogP contribution is 2.30. The van der Waals surface area contributed by atoms with Gasteiger partial charge in [-0.25, -0.2) is 0 Å². The van der Waals surface area contributed by atoms with Crippen molar-refractivity contribution in [1.29, 1.82) is 0 Å². The largest absolute Gasteiger partial charge is 0.416 e. The summed E-state index contributed by atoms with van der Waals surface area (Å²) in [5.41, 5.74) is 4.15. The first-order chi connectivity index (χ1) is 17.7. The molecule has 37 heavy (non-hydrogen) atoms. The van der Waals surface area contributed by atoms with E-state index in [1.54, 1.807) is 12.1 Å². The van der Waals surface area contributed by atoms with Crippen LogP contribution in [-0.2, 0) is 10.1 Å². The second kappa shape index (κ2) is 11.5. The van der Waals surface area contributed by atoms with Crippen LogP contribution >= 0.6 is 0 Å². The lowest BCUT2D eigenvalue weighted by atomic mass is 9.94. The number of Topliss-reactive ketones (excluding diaryl/α,β-unsaturated/α-hetero) is 1. The number of nitrogens with one attached hydrogen (secondary N) is 1. The van der Waals surface area contributed by atoms with Gasteiger partial charge in [-0.05, 0) is 66.4 Å². The summed E-state index contributed by atoms with van der Waals surface area (Å²) in [4.78, 5) is 12.3. The molecule has 1 atom stereocenters. The van der Waals surface area contributed by atoms with E-state index in [1.807, 2.05) is 66.7 Å². The van der Waals surface area contributed by atoms with E-state index in [2.05, 4.69) is 29.4 Å². The number of benzene rings is 3. The summed E-state index contributed by atoms with van der Waals surface area (Å²) in [6.45, 7) is 4.26. The van der Waals surface area contributed by atoms with Crippen LogP contribution in [0, 0.1) is 5.92 Å². The van der Waals surface area contributed by atoms with E-state index in [0.29, 0.717) is 17.3 Å². The van der Waals surface area contributed by atoms with Crippen molar-refractivity contribution < 1.29 is 22.2 Å². The lowest BCUT2D eigenvalue weighted by molar-refractivity contribution is 0.0982. The van der Waals surface area contributed by atoms with Crippen molar-refractivity contribution in [3.8, 4) is 22.9 Å². The second-order valence-electron chi connectivity index (χ2n) is 9.16. The molecule has 192 valence electrons. The number of ketones is 1. The van der Waals surface area contributed by atoms with Crippen LogP contribution in [0.5, 0.6) is 0 Å². The summed E-state index contributed by atoms with van der Waals surface area (Å²) in [5.74, 6) is 0.620. The Morgan fingerprint density at radius 2 is 1.49 bits per heavy atom. The topological polar surface area (TPSA) is 122 Å². The maximum Gasteiger partial charge on any atom is 0.264 e. The minimum Gasteiger partial charge on any atom is -0.416 e. The molecule has 0 bridgehead atoms. The molecule has 1 aromatic heterocycles. The van der Waals surface area contributed by atoms with Crippen LogP contribution in [0.4, 0.5) is 5.69 Å². The molecule has 9 heteroatoms. The standard InChI is InChI=1S/C28H29N3O5S/c1-19(2)26(29-24-16-14-20(15-17-24)25(32)9-6-18-37(33,34)35)21-10-12-23(13-11-21)28-31-30-27(36-28)22-7-4-3-5-8-22/h3-5,7-8,10-17,19,26,29H,6,9,18H2,1-2H3,(H,33,34,35)/t26-/m0/s1. The first kappa shape index (κ1) is 26.2. The zero-order valence-electron chi connectivity index (χ0n) is 20.7. The average Bonchev–Trinajstić information content (AvgIpc) is 3.38. The second-order valence-corrected chi connectivity index (χ2v) is 10.7. The molecule has 0 unspecified atom stereocenters. The predicted octanol–water partition coefficient (Wildman–Crippen LogP) is 6.06. The van der Waals surface area contributed by atoms with E-state index in [-0.39, 0.29) is 30.6 Å². The van der Waals surface area contributed by atoms with E-state index in [9.17, 15) is 13.2 Å². The highest BCUT2D eigenvalue weighted by molar-refractivity contribution is 7.85. The van der Waals surface area contributed by atoms with Gasteiger partial charge < -0.3 is 9.73 Å². The molecular weight excluding hydrogens is 490 g/mol. The van der Waals surface area contributed by atoms with Gasteiger partial charge in [0.25, 0.3) is 10.1 Å². The Morgan fingerprint density at radius 3 is 2.05 bits per heavy atom. The highest BCUT2D eigenvalue weighted by Gasteiger charge is 2.18. The van der Waals surface area contributed by atoms with Crippen molar-refractivity contribution >= 4 is 21.6 Å². The third-order valence-corrected chi connectivity index (χ3v) is 6.77. The summed E-state index contributed by atoms with van der Waals surface area (Å²) >= 11 is 0. The molecule has 0 saturated carbocycles. The molecule has 1 heterocycles. The van der Waals surface area contributed by atoms with Gasteiger partial charge in [-0.3, -0.25) is 9.35 Å². The minimum atomic E-state index is -4.06. The van der Waals surface area contributed by atoms with Crippen molar-refractivity contribution in [2.45, 2.75) is 32.7 Å². The molecule has 8 nitrogen and oxygen atoms in total. The van der Waals surface area contributed by atoms with Crippen molar-refractivity contribution in [2.75, 3.05) is 11.1 Å². The third-order valence-electron chi connectivity index (χ3n) is 5.96. The number of carbonyl (C=O) groups is 1. The fraction of sp³-hybridized carbons (Fsp3) is 0.250. The van der Waals surface area contributed by atoms with E-state index >= 15 is 0 Å². The number of anilines is 1. The van der Waals surface area contributed by atoms with E-state index in [0.717, 1.165) is 22.4 Å². The van der Waals surface area contributed by atoms with Crippen LogP contribution in [0.2, 0.25) is 0 Å². The maximum atomic E-state index is 12.3. The Morgan fingerprint density at radius 1 is 0.892 bits per heavy atom. The molecule has 0 amide bonds. The van der Waals surface area contributed by atoms with Gasteiger partial charge in [0.1, 0.15) is 0 Å². The van der Waals surface area contributed by atoms with Gasteiger partial charge in [0.15, 0.2) is 5.78 Å². The third kappa shape index (κ3) is 7.12. The smallest absolute Gasteiger partial charge is 0.264 e. The average molecular weight is 520 g/mol. The zero-order valence-corrected chi connectivity index (χ0v) is 21.5. The van der Waals surface area contributed by atoms with E-state index < -0.39 is 15.9 Å². The molecule has 0 spiro atoms. The Bertz CT molecular complexity index is 1430. The summed E-state index contributed by atoms with van der Waals surface area (Å²) in [6.07, 6.45) is 0.140. The Labute approximate surface area is 216 Å². The molecule has 0 fully saturated rings. The van der Waals surface area contributed by atoms with Gasteiger partial charge in [0.2, 0.25) is 11.8 Å². The fourth-order valence-corrected chi connectivity index (χ4v) is 4.51. The van der Waals surface area contributed by atoms with Gasteiger partial charge in [-0.2, -0.15) is 8.42 Å². The normalized spacial score (nSPS) is 12.4. The number of hydrogen-bond donors (Lipinski definition) is 2. The van der Waals surface area contributed by atoms with Crippen molar-refractivity contribution in [1.82, 2.24) is 10.2 Å². The van der Waals surface area contributed by atoms with Gasteiger partial charge >= 0.3 is 0 Å². The number of rotatable bonds is 11. The predicted molar refractivity (Wildman–Crippen MR) is 143 cm³/mol. The van der Waals surface area contributed by atoms with Gasteiger partial charge in [0, 0.05) is 28.8 Å². The van der Waals surface area contributed by atoms with Crippen LogP contribution in [0.25, 0.3) is 22.9 Å². The zero-order chi connectivity index (χ0) is 26.4. The monoisotopic (exact) mass is 519 g/mol. The first-order valence-electron chi connectivity index (χ1n) is 12.0. The molecule has 4 aromatic rings. The Balaban J connectivity index is 1.42. The molecular formula is C28H29N3O5S. The van der Waals surface area contributed by atoms with Crippen molar-refractivity contribution in [3.05, 3.63) is 90.0 Å². The molecule has 0 aliphatic carbocycles. The van der Waals surface area contributed by atoms with Crippen molar-refractivity contribution in [3.63, 3.8) is 0 Å². The molecule has 0 aliphatic rings. The van der Waals surface area contributed by atoms with E-state index in [1.165, 1.54) is 0 Å². The molecule has 4 rings (SSSR count).